The number of piperidine rings is 1. The molecule has 1 aliphatic heterocycles. The van der Waals surface area contributed by atoms with Gasteiger partial charge in [-0.2, -0.15) is 5.10 Å². The summed E-state index contributed by atoms with van der Waals surface area (Å²) < 4.78 is 7.15. The Kier molecular flexibility index (Phi) is 5.26. The van der Waals surface area contributed by atoms with E-state index in [0.717, 1.165) is 46.9 Å². The zero-order valence-corrected chi connectivity index (χ0v) is 18.1. The van der Waals surface area contributed by atoms with Crippen molar-refractivity contribution >= 4 is 11.6 Å². The minimum absolute atomic E-state index is 0.0891. The van der Waals surface area contributed by atoms with Gasteiger partial charge >= 0.3 is 0 Å². The highest BCUT2D eigenvalue weighted by Crippen LogP contribution is 2.28. The predicted octanol–water partition coefficient (Wildman–Crippen LogP) is 3.52. The van der Waals surface area contributed by atoms with Crippen LogP contribution >= 0.6 is 0 Å². The molecule has 5 rings (SSSR count). The Morgan fingerprint density at radius 1 is 1.12 bits per heavy atom. The lowest BCUT2D eigenvalue weighted by atomic mass is 9.97. The number of nitrogens with zero attached hydrogens (tertiary/aromatic N) is 6. The molecule has 0 saturated carbocycles. The molecule has 1 fully saturated rings. The van der Waals surface area contributed by atoms with Gasteiger partial charge in [0.25, 0.3) is 5.91 Å². The Labute approximate surface area is 185 Å². The highest BCUT2D eigenvalue weighted by Gasteiger charge is 2.28. The van der Waals surface area contributed by atoms with Gasteiger partial charge in [-0.05, 0) is 49.6 Å². The third-order valence-corrected chi connectivity index (χ3v) is 5.82. The first kappa shape index (κ1) is 20.1. The van der Waals surface area contributed by atoms with E-state index in [1.54, 1.807) is 19.5 Å². The topological polar surface area (TPSA) is 85.5 Å². The molecule has 1 saturated heterocycles. The van der Waals surface area contributed by atoms with E-state index in [0.29, 0.717) is 18.8 Å². The third kappa shape index (κ3) is 3.91. The predicted molar refractivity (Wildman–Crippen MR) is 120 cm³/mol. The molecule has 1 aliphatic rings. The second-order valence-electron chi connectivity index (χ2n) is 8.06. The smallest absolute Gasteiger partial charge is 0.274 e. The van der Waals surface area contributed by atoms with Crippen molar-refractivity contribution in [3.8, 4) is 16.9 Å². The molecule has 0 N–H and O–H groups in total. The first-order valence-corrected chi connectivity index (χ1v) is 10.7. The van der Waals surface area contributed by atoms with Crippen LogP contribution in [0.1, 0.15) is 40.8 Å². The molecule has 1 amide bonds. The molecule has 4 heterocycles. The number of aryl methyl sites for hydroxylation is 1. The van der Waals surface area contributed by atoms with Crippen LogP contribution in [0.5, 0.6) is 5.75 Å². The number of hydrogen-bond acceptors (Lipinski definition) is 6. The van der Waals surface area contributed by atoms with E-state index < -0.39 is 0 Å². The Hall–Kier alpha value is -3.81. The number of carbonyl (C=O) groups excluding carboxylic acids is 1. The maximum atomic E-state index is 12.9. The average molecular weight is 428 g/mol. The minimum atomic E-state index is -0.0914. The van der Waals surface area contributed by atoms with Crippen molar-refractivity contribution in [2.75, 3.05) is 20.2 Å². The largest absolute Gasteiger partial charge is 0.497 e. The van der Waals surface area contributed by atoms with Gasteiger partial charge in [-0.15, -0.1) is 0 Å². The van der Waals surface area contributed by atoms with Crippen molar-refractivity contribution in [1.29, 1.82) is 0 Å². The lowest BCUT2D eigenvalue weighted by Gasteiger charge is -2.31. The van der Waals surface area contributed by atoms with Crippen molar-refractivity contribution in [3.05, 3.63) is 72.2 Å². The summed E-state index contributed by atoms with van der Waals surface area (Å²) in [4.78, 5) is 27.9. The molecule has 8 nitrogen and oxygen atoms in total. The fourth-order valence-corrected chi connectivity index (χ4v) is 4.08. The molecule has 0 unspecified atom stereocenters. The normalized spacial score (nSPS) is 16.3. The van der Waals surface area contributed by atoms with Crippen molar-refractivity contribution in [2.45, 2.75) is 25.7 Å². The molecule has 0 radical (unpaired) electrons. The molecule has 162 valence electrons. The highest BCUT2D eigenvalue weighted by molar-refractivity contribution is 5.92. The standard InChI is InChI=1S/C24H24N6O2/c1-16-12-26-21(13-25-16)24(31)29-10-4-6-19(14-29)23-27-22-9-8-18(15-30(22)28-23)17-5-3-7-20(11-17)32-2/h3,5,7-9,11-13,15,19H,4,6,10,14H2,1-2H3/t19-/m1/s1. The molecular weight excluding hydrogens is 404 g/mol. The van der Waals surface area contributed by atoms with Crippen molar-refractivity contribution in [1.82, 2.24) is 29.5 Å². The molecular formula is C24H24N6O2. The van der Waals surface area contributed by atoms with Gasteiger partial charge in [0.15, 0.2) is 11.5 Å². The van der Waals surface area contributed by atoms with Gasteiger partial charge in [-0.25, -0.2) is 14.5 Å². The van der Waals surface area contributed by atoms with Crippen molar-refractivity contribution in [2.24, 2.45) is 0 Å². The average Bonchev–Trinajstić information content (AvgIpc) is 3.28. The second-order valence-corrected chi connectivity index (χ2v) is 8.06. The molecule has 0 spiro atoms. The molecule has 3 aromatic heterocycles. The van der Waals surface area contributed by atoms with Gasteiger partial charge in [-0.1, -0.05) is 12.1 Å². The van der Waals surface area contributed by atoms with Crippen LogP contribution in [0, 0.1) is 6.92 Å². The minimum Gasteiger partial charge on any atom is -0.497 e. The fourth-order valence-electron chi connectivity index (χ4n) is 4.08. The summed E-state index contributed by atoms with van der Waals surface area (Å²) in [5.74, 6) is 1.57. The van der Waals surface area contributed by atoms with Gasteiger partial charge in [0.05, 0.1) is 19.0 Å². The molecule has 0 aliphatic carbocycles. The van der Waals surface area contributed by atoms with Crippen LogP contribution < -0.4 is 4.74 Å². The van der Waals surface area contributed by atoms with Crippen molar-refractivity contribution in [3.63, 3.8) is 0 Å². The maximum Gasteiger partial charge on any atom is 0.274 e. The van der Waals surface area contributed by atoms with Crippen LogP contribution in [0.3, 0.4) is 0 Å². The number of benzene rings is 1. The summed E-state index contributed by atoms with van der Waals surface area (Å²) >= 11 is 0. The van der Waals surface area contributed by atoms with Crippen molar-refractivity contribution < 1.29 is 9.53 Å². The number of aromatic nitrogens is 5. The molecule has 4 aromatic rings. The summed E-state index contributed by atoms with van der Waals surface area (Å²) in [6.07, 6.45) is 7.00. The summed E-state index contributed by atoms with van der Waals surface area (Å²) in [5.41, 5.74) is 4.05. The molecule has 1 atom stereocenters. The zero-order valence-electron chi connectivity index (χ0n) is 18.1. The van der Waals surface area contributed by atoms with Crippen LogP contribution in [0.2, 0.25) is 0 Å². The zero-order chi connectivity index (χ0) is 22.1. The number of fused-ring (bicyclic) bond motifs is 1. The van der Waals surface area contributed by atoms with Crippen LogP contribution in [-0.4, -0.2) is 55.6 Å². The number of carbonyl (C=O) groups is 1. The summed E-state index contributed by atoms with van der Waals surface area (Å²) in [6.45, 7) is 3.14. The van der Waals surface area contributed by atoms with E-state index in [1.807, 2.05) is 58.9 Å². The van der Waals surface area contributed by atoms with Crippen LogP contribution in [0.4, 0.5) is 0 Å². The van der Waals surface area contributed by atoms with E-state index in [-0.39, 0.29) is 11.8 Å². The maximum absolute atomic E-state index is 12.9. The van der Waals surface area contributed by atoms with Crippen LogP contribution in [0.25, 0.3) is 16.8 Å². The first-order valence-electron chi connectivity index (χ1n) is 10.7. The molecule has 8 heteroatoms. The van der Waals surface area contributed by atoms with Gasteiger partial charge in [0.2, 0.25) is 0 Å². The number of ether oxygens (including phenoxy) is 1. The highest BCUT2D eigenvalue weighted by atomic mass is 16.5. The van der Waals surface area contributed by atoms with E-state index in [9.17, 15) is 4.79 Å². The molecule has 32 heavy (non-hydrogen) atoms. The molecule has 1 aromatic carbocycles. The Morgan fingerprint density at radius 2 is 2.03 bits per heavy atom. The monoisotopic (exact) mass is 428 g/mol. The SMILES string of the molecule is COc1cccc(-c2ccc3nc([C@@H]4CCCN(C(=O)c5cnc(C)cn5)C4)nn3c2)c1. The number of likely N-dealkylation sites (tertiary alicyclic amines) is 1. The van der Waals surface area contributed by atoms with E-state index in [2.05, 4.69) is 9.97 Å². The van der Waals surface area contributed by atoms with Gasteiger partial charge < -0.3 is 9.64 Å². The van der Waals surface area contributed by atoms with Gasteiger partial charge in [-0.3, -0.25) is 9.78 Å². The quantitative estimate of drug-likeness (QED) is 0.494. The number of rotatable bonds is 4. The Morgan fingerprint density at radius 3 is 2.84 bits per heavy atom. The third-order valence-electron chi connectivity index (χ3n) is 5.82. The lowest BCUT2D eigenvalue weighted by Crippen LogP contribution is -2.39. The van der Waals surface area contributed by atoms with Gasteiger partial charge in [0, 0.05) is 37.0 Å². The fraction of sp³-hybridized carbons (Fsp3) is 0.292. The summed E-state index contributed by atoms with van der Waals surface area (Å²) in [7, 11) is 1.66. The van der Waals surface area contributed by atoms with Crippen LogP contribution in [0.15, 0.2) is 55.0 Å². The van der Waals surface area contributed by atoms with Crippen LogP contribution in [-0.2, 0) is 0 Å². The number of methoxy groups -OCH3 is 1. The number of pyridine rings is 1. The second kappa shape index (κ2) is 8.37. The first-order chi connectivity index (χ1) is 15.6. The summed E-state index contributed by atoms with van der Waals surface area (Å²) in [6, 6.07) is 11.9. The number of hydrogen-bond donors (Lipinski definition) is 0. The Balaban J connectivity index is 1.38. The van der Waals surface area contributed by atoms with Gasteiger partial charge in [0.1, 0.15) is 11.4 Å². The van der Waals surface area contributed by atoms with E-state index in [4.69, 9.17) is 14.8 Å². The lowest BCUT2D eigenvalue weighted by molar-refractivity contribution is 0.0698. The summed E-state index contributed by atoms with van der Waals surface area (Å²) in [5, 5.41) is 4.75. The van der Waals surface area contributed by atoms with E-state index in [1.165, 1.54) is 0 Å². The number of amides is 1. The molecule has 0 bridgehead atoms. The van der Waals surface area contributed by atoms with E-state index >= 15 is 0 Å². The Bertz CT molecular complexity index is 1270.